The maximum Gasteiger partial charge on any atom is 1.00 e. The zero-order chi connectivity index (χ0) is 15.2. The zero-order valence-corrected chi connectivity index (χ0v) is 15.9. The molecule has 0 aliphatic carbocycles. The molecule has 0 aliphatic rings. The molecule has 0 radical (unpaired) electrons. The van der Waals surface area contributed by atoms with Crippen LogP contribution in [0.15, 0.2) is 0 Å². The molecule has 1 aromatic rings. The SMILES string of the molecule is Cc1[c-]nc([Si](C)(C)C(C)(C)C)n1S(=O)(=O)N(C)C.[Li+]. The van der Waals surface area contributed by atoms with Crippen LogP contribution in [0.2, 0.25) is 18.1 Å². The van der Waals surface area contributed by atoms with Crippen molar-refractivity contribution in [3.8, 4) is 0 Å². The molecular weight excluding hydrogens is 285 g/mol. The predicted octanol–water partition coefficient (Wildman–Crippen LogP) is -1.63. The normalized spacial score (nSPS) is 13.4. The van der Waals surface area contributed by atoms with Gasteiger partial charge >= 0.3 is 18.9 Å². The van der Waals surface area contributed by atoms with E-state index in [2.05, 4.69) is 45.0 Å². The molecule has 0 bridgehead atoms. The molecule has 0 aliphatic heterocycles. The Hall–Kier alpha value is -0.0657. The fourth-order valence-electron chi connectivity index (χ4n) is 1.56. The third-order valence-corrected chi connectivity index (χ3v) is 11.1. The number of imidazole rings is 1. The van der Waals surface area contributed by atoms with Crippen LogP contribution in [0, 0.1) is 13.1 Å². The number of rotatable bonds is 3. The average Bonchev–Trinajstić information content (AvgIpc) is 2.58. The molecule has 0 saturated carbocycles. The van der Waals surface area contributed by atoms with Crippen LogP contribution in [0.5, 0.6) is 0 Å². The average molecular weight is 309 g/mol. The van der Waals surface area contributed by atoms with Crippen LogP contribution in [-0.2, 0) is 10.2 Å². The third-order valence-electron chi connectivity index (χ3n) is 3.95. The molecule has 8 heteroatoms. The predicted molar refractivity (Wildman–Crippen MR) is 80.6 cm³/mol. The second kappa shape index (κ2) is 5.97. The topological polar surface area (TPSA) is 55.2 Å². The first-order valence-corrected chi connectivity index (χ1v) is 10.6. The van der Waals surface area contributed by atoms with E-state index in [-0.39, 0.29) is 23.9 Å². The van der Waals surface area contributed by atoms with Gasteiger partial charge in [-0.2, -0.15) is 12.7 Å². The van der Waals surface area contributed by atoms with E-state index in [4.69, 9.17) is 0 Å². The molecule has 1 rings (SSSR count). The second-order valence-corrected chi connectivity index (χ2v) is 13.8. The third kappa shape index (κ3) is 3.22. The van der Waals surface area contributed by atoms with Gasteiger partial charge in [0, 0.05) is 22.2 Å². The second-order valence-electron chi connectivity index (χ2n) is 6.56. The van der Waals surface area contributed by atoms with Crippen molar-refractivity contribution in [2.45, 2.75) is 45.8 Å². The van der Waals surface area contributed by atoms with Gasteiger partial charge in [0.25, 0.3) is 10.2 Å². The Labute approximate surface area is 136 Å². The van der Waals surface area contributed by atoms with Crippen molar-refractivity contribution >= 4 is 23.7 Å². The molecule has 0 amide bonds. The van der Waals surface area contributed by atoms with E-state index in [9.17, 15) is 8.42 Å². The van der Waals surface area contributed by atoms with Gasteiger partial charge in [-0.3, -0.25) is 0 Å². The first-order chi connectivity index (χ1) is 8.33. The monoisotopic (exact) mass is 309 g/mol. The maximum atomic E-state index is 12.5. The minimum Gasteiger partial charge on any atom is -0.440 e. The Kier molecular flexibility index (Phi) is 5.95. The Bertz CT molecular complexity index is 574. The summed E-state index contributed by atoms with van der Waals surface area (Å²) in [5.41, 5.74) is 1.19. The Balaban J connectivity index is 0.00000361. The van der Waals surface area contributed by atoms with Gasteiger partial charge in [0.05, 0.1) is 0 Å². The smallest absolute Gasteiger partial charge is 0.440 e. The van der Waals surface area contributed by atoms with Gasteiger partial charge in [-0.25, -0.2) is 0 Å². The number of nitrogens with zero attached hydrogens (tertiary/aromatic N) is 3. The molecule has 1 heterocycles. The fraction of sp³-hybridized carbons (Fsp3) is 0.750. The largest absolute Gasteiger partial charge is 1.00 e. The fourth-order valence-corrected chi connectivity index (χ4v) is 5.24. The van der Waals surface area contributed by atoms with Gasteiger partial charge in [0.15, 0.2) is 0 Å². The van der Waals surface area contributed by atoms with E-state index < -0.39 is 18.3 Å². The molecular formula is C12H24LiN3O2SSi. The number of hydrogen-bond acceptors (Lipinski definition) is 3. The van der Waals surface area contributed by atoms with Gasteiger partial charge in [-0.1, -0.05) is 44.6 Å². The molecule has 0 N–H and O–H groups in total. The first kappa shape index (κ1) is 19.9. The molecule has 0 aromatic carbocycles. The van der Waals surface area contributed by atoms with E-state index >= 15 is 0 Å². The summed E-state index contributed by atoms with van der Waals surface area (Å²) in [5.74, 6) is 0. The van der Waals surface area contributed by atoms with Crippen molar-refractivity contribution < 1.29 is 27.3 Å². The van der Waals surface area contributed by atoms with Crippen LogP contribution in [0.1, 0.15) is 26.5 Å². The van der Waals surface area contributed by atoms with Gasteiger partial charge < -0.3 is 8.96 Å². The van der Waals surface area contributed by atoms with Crippen LogP contribution in [0.3, 0.4) is 0 Å². The van der Waals surface area contributed by atoms with Crippen molar-refractivity contribution in [2.24, 2.45) is 0 Å². The molecule has 5 nitrogen and oxygen atoms in total. The summed E-state index contributed by atoms with van der Waals surface area (Å²) in [5, 5.41) is 0.0121. The van der Waals surface area contributed by atoms with Crippen LogP contribution >= 0.6 is 0 Å². The summed E-state index contributed by atoms with van der Waals surface area (Å²) in [7, 11) is -2.53. The summed E-state index contributed by atoms with van der Waals surface area (Å²) >= 11 is 0. The van der Waals surface area contributed by atoms with Gasteiger partial charge in [0.2, 0.25) is 0 Å². The summed E-state index contributed by atoms with van der Waals surface area (Å²) in [6.07, 6.45) is 2.82. The van der Waals surface area contributed by atoms with Gasteiger partial charge in [0.1, 0.15) is 0 Å². The molecule has 0 atom stereocenters. The van der Waals surface area contributed by atoms with Crippen LogP contribution in [0.4, 0.5) is 0 Å². The Morgan fingerprint density at radius 2 is 1.70 bits per heavy atom. The van der Waals surface area contributed by atoms with E-state index in [0.717, 1.165) is 0 Å². The van der Waals surface area contributed by atoms with Crippen LogP contribution in [-0.4, -0.2) is 43.8 Å². The molecule has 0 spiro atoms. The quantitative estimate of drug-likeness (QED) is 0.497. The van der Waals surface area contributed by atoms with Crippen molar-refractivity contribution in [1.82, 2.24) is 13.3 Å². The summed E-state index contributed by atoms with van der Waals surface area (Å²) < 4.78 is 27.5. The van der Waals surface area contributed by atoms with E-state index in [1.54, 1.807) is 6.92 Å². The molecule has 110 valence electrons. The summed E-state index contributed by atoms with van der Waals surface area (Å²) in [4.78, 5) is 4.30. The van der Waals surface area contributed by atoms with Crippen LogP contribution in [0.25, 0.3) is 0 Å². The number of hydrogen-bond donors (Lipinski definition) is 0. The molecule has 0 unspecified atom stereocenters. The molecule has 0 fully saturated rings. The zero-order valence-electron chi connectivity index (χ0n) is 14.1. The van der Waals surface area contributed by atoms with Gasteiger partial charge in [-0.15, -0.1) is 6.20 Å². The van der Waals surface area contributed by atoms with Gasteiger partial charge in [-0.05, 0) is 12.4 Å². The maximum absolute atomic E-state index is 12.5. The van der Waals surface area contributed by atoms with E-state index in [1.165, 1.54) is 22.4 Å². The van der Waals surface area contributed by atoms with E-state index in [1.807, 2.05) is 0 Å². The minimum atomic E-state index is -3.55. The summed E-state index contributed by atoms with van der Waals surface area (Å²) in [6.45, 7) is 12.4. The van der Waals surface area contributed by atoms with Crippen LogP contribution < -0.4 is 24.3 Å². The summed E-state index contributed by atoms with van der Waals surface area (Å²) in [6, 6.07) is 0. The first-order valence-electron chi connectivity index (χ1n) is 6.24. The van der Waals surface area contributed by atoms with Crippen molar-refractivity contribution in [2.75, 3.05) is 14.1 Å². The van der Waals surface area contributed by atoms with Crippen molar-refractivity contribution in [3.63, 3.8) is 0 Å². The molecule has 0 saturated heterocycles. The Morgan fingerprint density at radius 3 is 2.05 bits per heavy atom. The molecule has 1 aromatic heterocycles. The van der Waals surface area contributed by atoms with E-state index in [0.29, 0.717) is 11.1 Å². The van der Waals surface area contributed by atoms with Crippen molar-refractivity contribution in [3.05, 3.63) is 11.9 Å². The minimum absolute atomic E-state index is 0. The Morgan fingerprint density at radius 1 is 1.25 bits per heavy atom. The number of aryl methyl sites for hydroxylation is 1. The molecule has 20 heavy (non-hydrogen) atoms. The van der Waals surface area contributed by atoms with Crippen molar-refractivity contribution in [1.29, 1.82) is 0 Å². The standard InChI is InChI=1S/C12H24N3O2SSi.Li/c1-10-9-13-11(19(7,8)12(2,3)4)15(10)18(16,17)14(5)6;/h1-8H3;/q-1;+1. The number of aromatic nitrogens is 2.